The van der Waals surface area contributed by atoms with Crippen LogP contribution in [0.4, 0.5) is 5.69 Å². The zero-order chi connectivity index (χ0) is 16.2. The molecule has 122 valence electrons. The lowest BCUT2D eigenvalue weighted by atomic mass is 9.95. The highest BCUT2D eigenvalue weighted by Gasteiger charge is 2.21. The predicted molar refractivity (Wildman–Crippen MR) is 92.2 cm³/mol. The summed E-state index contributed by atoms with van der Waals surface area (Å²) in [6, 6.07) is 6.79. The first-order valence-electron chi connectivity index (χ1n) is 8.10. The first-order valence-corrected chi connectivity index (χ1v) is 8.91. The van der Waals surface area contributed by atoms with E-state index in [1.54, 1.807) is 12.1 Å². The van der Waals surface area contributed by atoms with E-state index in [9.17, 15) is 10.1 Å². The van der Waals surface area contributed by atoms with Crippen LogP contribution in [0.3, 0.4) is 0 Å². The lowest BCUT2D eigenvalue weighted by molar-refractivity contribution is -0.384. The second kappa shape index (κ2) is 7.19. The van der Waals surface area contributed by atoms with Crippen molar-refractivity contribution < 1.29 is 4.92 Å². The van der Waals surface area contributed by atoms with Crippen LogP contribution in [0.2, 0.25) is 0 Å². The summed E-state index contributed by atoms with van der Waals surface area (Å²) in [5.74, 6) is 0.634. The minimum Gasteiger partial charge on any atom is -0.317 e. The molecule has 0 bridgehead atoms. The van der Waals surface area contributed by atoms with Crippen molar-refractivity contribution in [3.63, 3.8) is 0 Å². The third-order valence-electron chi connectivity index (χ3n) is 4.32. The summed E-state index contributed by atoms with van der Waals surface area (Å²) >= 11 is 1.82. The van der Waals surface area contributed by atoms with Crippen LogP contribution >= 0.6 is 11.3 Å². The highest BCUT2D eigenvalue weighted by atomic mass is 32.1. The molecule has 0 radical (unpaired) electrons. The van der Waals surface area contributed by atoms with Gasteiger partial charge in [-0.3, -0.25) is 10.1 Å². The van der Waals surface area contributed by atoms with Gasteiger partial charge in [0, 0.05) is 23.4 Å². The Morgan fingerprint density at radius 1 is 1.30 bits per heavy atom. The van der Waals surface area contributed by atoms with E-state index in [2.05, 4.69) is 12.2 Å². The minimum atomic E-state index is -0.364. The third-order valence-corrected chi connectivity index (χ3v) is 5.58. The largest absolute Gasteiger partial charge is 0.317 e. The average molecular weight is 331 g/mol. The molecule has 2 heterocycles. The van der Waals surface area contributed by atoms with Gasteiger partial charge in [0.1, 0.15) is 0 Å². The van der Waals surface area contributed by atoms with Gasteiger partial charge in [0.25, 0.3) is 5.69 Å². The molecule has 2 aromatic rings. The predicted octanol–water partition coefficient (Wildman–Crippen LogP) is 3.67. The second-order valence-electron chi connectivity index (χ2n) is 5.90. The monoisotopic (exact) mass is 331 g/mol. The number of rotatable bonds is 5. The number of hydrogen-bond acceptors (Lipinski definition) is 5. The van der Waals surface area contributed by atoms with Crippen molar-refractivity contribution >= 4 is 17.0 Å². The molecular formula is C17H21N3O2S. The Morgan fingerprint density at radius 2 is 2.00 bits per heavy atom. The quantitative estimate of drug-likeness (QED) is 0.670. The van der Waals surface area contributed by atoms with Gasteiger partial charge in [0.2, 0.25) is 0 Å². The Hall–Kier alpha value is -1.79. The van der Waals surface area contributed by atoms with Gasteiger partial charge < -0.3 is 5.32 Å². The lowest BCUT2D eigenvalue weighted by Gasteiger charge is -2.22. The molecule has 1 fully saturated rings. The number of nitro groups is 1. The van der Waals surface area contributed by atoms with Gasteiger partial charge in [-0.25, -0.2) is 4.98 Å². The van der Waals surface area contributed by atoms with E-state index in [4.69, 9.17) is 4.98 Å². The van der Waals surface area contributed by atoms with Crippen LogP contribution in [-0.2, 0) is 12.8 Å². The van der Waals surface area contributed by atoms with Crippen molar-refractivity contribution in [2.75, 3.05) is 13.1 Å². The molecule has 23 heavy (non-hydrogen) atoms. The van der Waals surface area contributed by atoms with E-state index in [1.807, 2.05) is 23.5 Å². The van der Waals surface area contributed by atoms with Gasteiger partial charge >= 0.3 is 0 Å². The molecule has 1 saturated heterocycles. The summed E-state index contributed by atoms with van der Waals surface area (Å²) in [7, 11) is 0. The first-order chi connectivity index (χ1) is 11.2. The van der Waals surface area contributed by atoms with Crippen LogP contribution in [0.5, 0.6) is 0 Å². The molecule has 0 aliphatic carbocycles. The zero-order valence-corrected chi connectivity index (χ0v) is 14.1. The van der Waals surface area contributed by atoms with Gasteiger partial charge in [-0.2, -0.15) is 0 Å². The lowest BCUT2D eigenvalue weighted by Crippen LogP contribution is -2.26. The molecule has 0 unspecified atom stereocenters. The number of hydrogen-bond donors (Lipinski definition) is 1. The maximum Gasteiger partial charge on any atom is 0.269 e. The maximum absolute atomic E-state index is 10.7. The molecular weight excluding hydrogens is 310 g/mol. The van der Waals surface area contributed by atoms with Crippen molar-refractivity contribution in [1.29, 1.82) is 0 Å². The van der Waals surface area contributed by atoms with Crippen LogP contribution in [-0.4, -0.2) is 23.0 Å². The highest BCUT2D eigenvalue weighted by Crippen LogP contribution is 2.34. The minimum absolute atomic E-state index is 0.137. The first kappa shape index (κ1) is 16.1. The van der Waals surface area contributed by atoms with Gasteiger partial charge in [0.15, 0.2) is 0 Å². The molecule has 1 aromatic carbocycles. The number of aromatic nitrogens is 1. The van der Waals surface area contributed by atoms with E-state index in [1.165, 1.54) is 23.4 Å². The molecule has 0 saturated carbocycles. The second-order valence-corrected chi connectivity index (χ2v) is 7.01. The standard InChI is InChI=1S/C17H21N3O2S/c1-2-15-17(13-7-9-18-10-8-13)23-16(19-15)11-12-3-5-14(6-4-12)20(21)22/h3-6,13,18H,2,7-11H2,1H3. The fourth-order valence-corrected chi connectivity index (χ4v) is 4.42. The normalized spacial score (nSPS) is 15.7. The summed E-state index contributed by atoms with van der Waals surface area (Å²) in [6.45, 7) is 4.34. The molecule has 6 heteroatoms. The molecule has 1 aromatic heterocycles. The topological polar surface area (TPSA) is 68.1 Å². The number of benzene rings is 1. The van der Waals surface area contributed by atoms with Crippen molar-refractivity contribution in [2.45, 2.75) is 38.5 Å². The van der Waals surface area contributed by atoms with E-state index < -0.39 is 0 Å². The number of piperidine rings is 1. The SMILES string of the molecule is CCc1nc(Cc2ccc([N+](=O)[O-])cc2)sc1C1CCNCC1. The number of thiazole rings is 1. The summed E-state index contributed by atoms with van der Waals surface area (Å²) in [5, 5.41) is 15.2. The average Bonchev–Trinajstić information content (AvgIpc) is 2.99. The summed E-state index contributed by atoms with van der Waals surface area (Å²) < 4.78 is 0. The Labute approximate surface area is 139 Å². The summed E-state index contributed by atoms with van der Waals surface area (Å²) in [5.41, 5.74) is 2.44. The Balaban J connectivity index is 1.77. The summed E-state index contributed by atoms with van der Waals surface area (Å²) in [4.78, 5) is 16.6. The highest BCUT2D eigenvalue weighted by molar-refractivity contribution is 7.11. The molecule has 1 aliphatic rings. The Morgan fingerprint density at radius 3 is 2.61 bits per heavy atom. The van der Waals surface area contributed by atoms with Gasteiger partial charge in [-0.1, -0.05) is 19.1 Å². The molecule has 0 amide bonds. The maximum atomic E-state index is 10.7. The zero-order valence-electron chi connectivity index (χ0n) is 13.2. The molecule has 3 rings (SSSR count). The fourth-order valence-electron chi connectivity index (χ4n) is 3.06. The fraction of sp³-hybridized carbons (Fsp3) is 0.471. The van der Waals surface area contributed by atoms with E-state index in [0.717, 1.165) is 36.5 Å². The van der Waals surface area contributed by atoms with Crippen molar-refractivity contribution in [3.05, 3.63) is 55.5 Å². The van der Waals surface area contributed by atoms with Crippen molar-refractivity contribution in [3.8, 4) is 0 Å². The molecule has 1 N–H and O–H groups in total. The molecule has 5 nitrogen and oxygen atoms in total. The molecule has 0 spiro atoms. The van der Waals surface area contributed by atoms with Crippen molar-refractivity contribution in [2.24, 2.45) is 0 Å². The van der Waals surface area contributed by atoms with Crippen LogP contribution in [0, 0.1) is 10.1 Å². The number of nitrogens with one attached hydrogen (secondary N) is 1. The van der Waals surface area contributed by atoms with E-state index >= 15 is 0 Å². The number of nitro benzene ring substituents is 1. The van der Waals surface area contributed by atoms with Gasteiger partial charge in [-0.15, -0.1) is 11.3 Å². The molecule has 0 atom stereocenters. The molecule has 1 aliphatic heterocycles. The summed E-state index contributed by atoms with van der Waals surface area (Å²) in [6.07, 6.45) is 4.09. The Kier molecular flexibility index (Phi) is 5.03. The van der Waals surface area contributed by atoms with Crippen molar-refractivity contribution in [1.82, 2.24) is 10.3 Å². The van der Waals surface area contributed by atoms with Crippen LogP contribution in [0.25, 0.3) is 0 Å². The smallest absolute Gasteiger partial charge is 0.269 e. The van der Waals surface area contributed by atoms with Crippen LogP contribution in [0.15, 0.2) is 24.3 Å². The van der Waals surface area contributed by atoms with Gasteiger partial charge in [0.05, 0.1) is 15.6 Å². The number of nitrogens with zero attached hydrogens (tertiary/aromatic N) is 2. The van der Waals surface area contributed by atoms with E-state index in [-0.39, 0.29) is 10.6 Å². The van der Waals surface area contributed by atoms with E-state index in [0.29, 0.717) is 5.92 Å². The van der Waals surface area contributed by atoms with Gasteiger partial charge in [-0.05, 0) is 43.8 Å². The third kappa shape index (κ3) is 3.76. The Bertz CT molecular complexity index is 676. The van der Waals surface area contributed by atoms with Crippen LogP contribution < -0.4 is 5.32 Å². The van der Waals surface area contributed by atoms with Crippen LogP contribution in [0.1, 0.15) is 46.8 Å². The number of aryl methyl sites for hydroxylation is 1. The number of non-ortho nitro benzene ring substituents is 1.